The average molecular weight is 399 g/mol. The van der Waals surface area contributed by atoms with Gasteiger partial charge in [-0.1, -0.05) is 13.8 Å². The second-order valence-corrected chi connectivity index (χ2v) is 8.24. The Morgan fingerprint density at radius 3 is 2.68 bits per heavy atom. The van der Waals surface area contributed by atoms with Crippen molar-refractivity contribution in [3.63, 3.8) is 0 Å². The lowest BCUT2D eigenvalue weighted by Crippen LogP contribution is -2.46. The number of hydrogen-bond acceptors (Lipinski definition) is 5. The Bertz CT molecular complexity index is 422. The lowest BCUT2D eigenvalue weighted by molar-refractivity contribution is 0.0143. The lowest BCUT2D eigenvalue weighted by Gasteiger charge is -2.34. The molecule has 2 N–H and O–H groups in total. The second-order valence-electron chi connectivity index (χ2n) is 8.24. The van der Waals surface area contributed by atoms with Gasteiger partial charge in [0.2, 0.25) is 0 Å². The van der Waals surface area contributed by atoms with Gasteiger partial charge in [0, 0.05) is 51.4 Å². The number of hydrogen-bond donors (Lipinski definition) is 2. The van der Waals surface area contributed by atoms with Gasteiger partial charge in [-0.3, -0.25) is 9.89 Å². The summed E-state index contributed by atoms with van der Waals surface area (Å²) in [5.41, 5.74) is 0. The highest BCUT2D eigenvalue weighted by atomic mass is 16.5. The van der Waals surface area contributed by atoms with Crippen LogP contribution in [0.25, 0.3) is 0 Å². The van der Waals surface area contributed by atoms with Crippen LogP contribution in [0, 0.1) is 11.8 Å². The van der Waals surface area contributed by atoms with Crippen LogP contribution < -0.4 is 10.6 Å². The van der Waals surface area contributed by atoms with Gasteiger partial charge in [0.15, 0.2) is 5.96 Å². The van der Waals surface area contributed by atoms with Gasteiger partial charge in [-0.25, -0.2) is 0 Å². The van der Waals surface area contributed by atoms with Gasteiger partial charge < -0.3 is 24.8 Å². The molecule has 0 aromatic carbocycles. The Morgan fingerprint density at radius 2 is 2.00 bits per heavy atom. The molecule has 0 aliphatic carbocycles. The summed E-state index contributed by atoms with van der Waals surface area (Å²) in [5, 5.41) is 6.82. The number of morpholine rings is 1. The molecule has 0 amide bonds. The number of aliphatic imine (C=N–C) groups is 1. The van der Waals surface area contributed by atoms with Crippen LogP contribution in [0.1, 0.15) is 40.0 Å². The van der Waals surface area contributed by atoms with Crippen LogP contribution in [-0.4, -0.2) is 89.3 Å². The molecule has 0 saturated carbocycles. The first-order chi connectivity index (χ1) is 13.7. The Hall–Kier alpha value is -0.890. The van der Waals surface area contributed by atoms with Crippen molar-refractivity contribution in [2.24, 2.45) is 16.8 Å². The number of nitrogens with zero attached hydrogens (tertiary/aromatic N) is 2. The summed E-state index contributed by atoms with van der Waals surface area (Å²) in [7, 11) is 0. The zero-order chi connectivity index (χ0) is 20.0. The predicted octanol–water partition coefficient (Wildman–Crippen LogP) is 1.73. The fourth-order valence-corrected chi connectivity index (χ4v) is 3.71. The minimum absolute atomic E-state index is 0.483. The summed E-state index contributed by atoms with van der Waals surface area (Å²) in [6.45, 7) is 16.3. The van der Waals surface area contributed by atoms with Crippen LogP contribution >= 0.6 is 0 Å². The van der Waals surface area contributed by atoms with Crippen molar-refractivity contribution in [3.8, 4) is 0 Å². The van der Waals surface area contributed by atoms with Crippen LogP contribution in [0.4, 0.5) is 0 Å². The lowest BCUT2D eigenvalue weighted by atomic mass is 10.0. The minimum Gasteiger partial charge on any atom is -0.381 e. The maximum atomic E-state index is 5.78. The maximum Gasteiger partial charge on any atom is 0.191 e. The van der Waals surface area contributed by atoms with Gasteiger partial charge >= 0.3 is 0 Å². The van der Waals surface area contributed by atoms with E-state index in [9.17, 15) is 0 Å². The van der Waals surface area contributed by atoms with E-state index in [-0.39, 0.29) is 0 Å². The molecule has 0 radical (unpaired) electrons. The van der Waals surface area contributed by atoms with Crippen LogP contribution in [-0.2, 0) is 14.2 Å². The standard InChI is InChI=1S/C21H42N4O3/c1-4-22-21(23-7-5-10-27-16-19-6-11-28-17-19)24-15-20(14-18(2)3)25-8-12-26-13-9-25/h18-20H,4-17H2,1-3H3,(H2,22,23,24). The highest BCUT2D eigenvalue weighted by molar-refractivity contribution is 5.79. The van der Waals surface area contributed by atoms with E-state index in [4.69, 9.17) is 19.2 Å². The molecule has 0 spiro atoms. The van der Waals surface area contributed by atoms with E-state index >= 15 is 0 Å². The molecule has 28 heavy (non-hydrogen) atoms. The van der Waals surface area contributed by atoms with Gasteiger partial charge in [0.25, 0.3) is 0 Å². The summed E-state index contributed by atoms with van der Waals surface area (Å²) < 4.78 is 16.7. The molecule has 7 nitrogen and oxygen atoms in total. The first kappa shape index (κ1) is 23.4. The first-order valence-corrected chi connectivity index (χ1v) is 11.2. The van der Waals surface area contributed by atoms with Crippen LogP contribution in [0.2, 0.25) is 0 Å². The molecule has 2 atom stereocenters. The Balaban J connectivity index is 1.70. The Labute approximate surface area is 171 Å². The highest BCUT2D eigenvalue weighted by Gasteiger charge is 2.21. The van der Waals surface area contributed by atoms with E-state index in [0.29, 0.717) is 17.9 Å². The molecule has 2 fully saturated rings. The molecule has 7 heteroatoms. The second kappa shape index (κ2) is 14.1. The number of rotatable bonds is 12. The summed E-state index contributed by atoms with van der Waals surface area (Å²) >= 11 is 0. The SMILES string of the molecule is CCNC(=NCC(CC(C)C)N1CCOCC1)NCCCOCC1CCOC1. The van der Waals surface area contributed by atoms with E-state index in [1.54, 1.807) is 0 Å². The normalized spacial score (nSPS) is 22.6. The van der Waals surface area contributed by atoms with E-state index in [2.05, 4.69) is 36.3 Å². The van der Waals surface area contributed by atoms with Crippen molar-refractivity contribution in [2.45, 2.75) is 46.1 Å². The van der Waals surface area contributed by atoms with Crippen LogP contribution in [0.15, 0.2) is 4.99 Å². The van der Waals surface area contributed by atoms with Crippen molar-refractivity contribution in [2.75, 3.05) is 72.4 Å². The minimum atomic E-state index is 0.483. The highest BCUT2D eigenvalue weighted by Crippen LogP contribution is 2.14. The third-order valence-corrected chi connectivity index (χ3v) is 5.25. The zero-order valence-corrected chi connectivity index (χ0v) is 18.3. The van der Waals surface area contributed by atoms with E-state index in [1.165, 1.54) is 6.42 Å². The number of nitrogens with one attached hydrogen (secondary N) is 2. The quantitative estimate of drug-likeness (QED) is 0.296. The zero-order valence-electron chi connectivity index (χ0n) is 18.3. The summed E-state index contributed by atoms with van der Waals surface area (Å²) in [6.07, 6.45) is 3.29. The van der Waals surface area contributed by atoms with E-state index < -0.39 is 0 Å². The molecule has 2 aliphatic heterocycles. The van der Waals surface area contributed by atoms with Gasteiger partial charge in [0.05, 0.1) is 33.0 Å². The Morgan fingerprint density at radius 1 is 1.18 bits per heavy atom. The van der Waals surface area contributed by atoms with Crippen LogP contribution in [0.3, 0.4) is 0 Å². The topological polar surface area (TPSA) is 67.4 Å². The number of guanidine groups is 1. The molecule has 2 aliphatic rings. The van der Waals surface area contributed by atoms with E-state index in [1.807, 2.05) is 0 Å². The smallest absolute Gasteiger partial charge is 0.191 e. The first-order valence-electron chi connectivity index (χ1n) is 11.2. The van der Waals surface area contributed by atoms with Gasteiger partial charge in [-0.2, -0.15) is 0 Å². The molecule has 0 aromatic rings. The molecular formula is C21H42N4O3. The van der Waals surface area contributed by atoms with Crippen molar-refractivity contribution in [3.05, 3.63) is 0 Å². The predicted molar refractivity (Wildman–Crippen MR) is 114 cm³/mol. The van der Waals surface area contributed by atoms with E-state index in [0.717, 1.165) is 91.2 Å². The molecule has 0 bridgehead atoms. The van der Waals surface area contributed by atoms with Crippen molar-refractivity contribution >= 4 is 5.96 Å². The van der Waals surface area contributed by atoms with Crippen molar-refractivity contribution in [1.82, 2.24) is 15.5 Å². The Kier molecular flexibility index (Phi) is 11.8. The third-order valence-electron chi connectivity index (χ3n) is 5.25. The summed E-state index contributed by atoms with van der Waals surface area (Å²) in [5.74, 6) is 2.17. The van der Waals surface area contributed by atoms with Crippen molar-refractivity contribution < 1.29 is 14.2 Å². The van der Waals surface area contributed by atoms with Crippen LogP contribution in [0.5, 0.6) is 0 Å². The third kappa shape index (κ3) is 9.54. The molecule has 2 heterocycles. The molecule has 164 valence electrons. The van der Waals surface area contributed by atoms with Crippen molar-refractivity contribution in [1.29, 1.82) is 0 Å². The fourth-order valence-electron chi connectivity index (χ4n) is 3.71. The summed E-state index contributed by atoms with van der Waals surface area (Å²) in [6, 6.07) is 0.483. The monoisotopic (exact) mass is 398 g/mol. The molecule has 2 rings (SSSR count). The molecule has 2 saturated heterocycles. The fraction of sp³-hybridized carbons (Fsp3) is 0.952. The van der Waals surface area contributed by atoms with Gasteiger partial charge in [-0.15, -0.1) is 0 Å². The average Bonchev–Trinajstić information content (AvgIpc) is 3.21. The molecule has 0 aromatic heterocycles. The molecule has 2 unspecified atom stereocenters. The van der Waals surface area contributed by atoms with Gasteiger partial charge in [0.1, 0.15) is 0 Å². The molecular weight excluding hydrogens is 356 g/mol. The number of ether oxygens (including phenoxy) is 3. The summed E-state index contributed by atoms with van der Waals surface area (Å²) in [4.78, 5) is 7.42. The van der Waals surface area contributed by atoms with Gasteiger partial charge in [-0.05, 0) is 32.1 Å². The maximum absolute atomic E-state index is 5.78. The largest absolute Gasteiger partial charge is 0.381 e.